The van der Waals surface area contributed by atoms with Crippen molar-refractivity contribution in [2.75, 3.05) is 20.8 Å². The average Bonchev–Trinajstić information content (AvgIpc) is 3.51. The van der Waals surface area contributed by atoms with E-state index in [9.17, 15) is 4.79 Å². The van der Waals surface area contributed by atoms with Crippen LogP contribution in [0.3, 0.4) is 0 Å². The van der Waals surface area contributed by atoms with Gasteiger partial charge in [-0.1, -0.05) is 6.07 Å². The van der Waals surface area contributed by atoms with Gasteiger partial charge in [0.2, 0.25) is 0 Å². The molecule has 3 aromatic rings. The highest BCUT2D eigenvalue weighted by Gasteiger charge is 2.32. The first kappa shape index (κ1) is 23.9. The van der Waals surface area contributed by atoms with Crippen LogP contribution in [0.25, 0.3) is 21.7 Å². The molecule has 1 saturated heterocycles. The van der Waals surface area contributed by atoms with Crippen molar-refractivity contribution in [1.29, 1.82) is 0 Å². The summed E-state index contributed by atoms with van der Waals surface area (Å²) < 4.78 is 20.0. The third kappa shape index (κ3) is 4.47. The van der Waals surface area contributed by atoms with Crippen LogP contribution in [0.2, 0.25) is 0 Å². The fraction of sp³-hybridized carbons (Fsp3) is 0.464. The number of nitrogens with zero attached hydrogens (tertiary/aromatic N) is 2. The molecule has 0 N–H and O–H groups in total. The molecule has 2 aliphatic rings. The number of benzene rings is 1. The quantitative estimate of drug-likeness (QED) is 0.422. The van der Waals surface area contributed by atoms with Crippen molar-refractivity contribution in [3.05, 3.63) is 47.0 Å². The van der Waals surface area contributed by atoms with Crippen molar-refractivity contribution < 1.29 is 19.0 Å². The Morgan fingerprint density at radius 1 is 1.17 bits per heavy atom. The van der Waals surface area contributed by atoms with Crippen LogP contribution in [0.1, 0.15) is 56.1 Å². The van der Waals surface area contributed by atoms with Gasteiger partial charge in [-0.05, 0) is 75.2 Å². The summed E-state index contributed by atoms with van der Waals surface area (Å²) in [6.45, 7) is 7.63. The molecule has 1 amide bonds. The topological polar surface area (TPSA) is 52.9 Å². The highest BCUT2D eigenvalue weighted by Crippen LogP contribution is 2.45. The monoisotopic (exact) mass is 494 g/mol. The van der Waals surface area contributed by atoms with E-state index in [-0.39, 0.29) is 17.7 Å². The zero-order valence-electron chi connectivity index (χ0n) is 21.2. The fourth-order valence-electron chi connectivity index (χ4n) is 4.80. The van der Waals surface area contributed by atoms with Gasteiger partial charge in [-0.15, -0.1) is 11.3 Å². The lowest BCUT2D eigenvalue weighted by Crippen LogP contribution is -2.43. The summed E-state index contributed by atoms with van der Waals surface area (Å²) in [5.41, 5.74) is 4.88. The van der Waals surface area contributed by atoms with Gasteiger partial charge in [0.25, 0.3) is 5.91 Å². The molecule has 1 unspecified atom stereocenters. The van der Waals surface area contributed by atoms with Gasteiger partial charge in [0.05, 0.1) is 19.4 Å². The van der Waals surface area contributed by atoms with E-state index in [1.807, 2.05) is 11.9 Å². The molecule has 1 atom stereocenters. The van der Waals surface area contributed by atoms with Crippen LogP contribution in [0.5, 0.6) is 11.5 Å². The van der Waals surface area contributed by atoms with E-state index in [0.717, 1.165) is 72.0 Å². The maximum Gasteiger partial charge on any atom is 0.270 e. The first-order chi connectivity index (χ1) is 16.8. The molecule has 186 valence electrons. The fourth-order valence-corrected chi connectivity index (χ4v) is 5.55. The molecule has 0 bridgehead atoms. The molecule has 2 aliphatic heterocycles. The Kier molecular flexibility index (Phi) is 6.40. The highest BCUT2D eigenvalue weighted by molar-refractivity contribution is 7.13. The summed E-state index contributed by atoms with van der Waals surface area (Å²) in [7, 11) is 3.56. The molecule has 0 aliphatic carbocycles. The van der Waals surface area contributed by atoms with Gasteiger partial charge in [-0.3, -0.25) is 4.79 Å². The zero-order valence-corrected chi connectivity index (χ0v) is 22.0. The summed E-state index contributed by atoms with van der Waals surface area (Å²) in [5, 5.41) is 2.08. The van der Waals surface area contributed by atoms with Crippen LogP contribution in [0.15, 0.2) is 35.7 Å². The van der Waals surface area contributed by atoms with Crippen LogP contribution in [0.4, 0.5) is 0 Å². The van der Waals surface area contributed by atoms with E-state index in [0.29, 0.717) is 5.75 Å². The Morgan fingerprint density at radius 2 is 2.00 bits per heavy atom. The summed E-state index contributed by atoms with van der Waals surface area (Å²) in [6, 6.07) is 10.4. The third-order valence-electron chi connectivity index (χ3n) is 7.06. The van der Waals surface area contributed by atoms with E-state index >= 15 is 0 Å². The number of hydrogen-bond donors (Lipinski definition) is 0. The number of fused-ring (bicyclic) bond motifs is 3. The Bertz CT molecular complexity index is 1220. The van der Waals surface area contributed by atoms with E-state index in [4.69, 9.17) is 14.2 Å². The van der Waals surface area contributed by atoms with Crippen LogP contribution in [0, 0.1) is 0 Å². The molecular weight excluding hydrogens is 460 g/mol. The standard InChI is InChI=1S/C28H34N2O4S/c1-28(2,3)29(4)27(31)21-16-20(24-9-8-14-35-24)26-19-17-23(34-25-10-6-7-13-33-25)22(32-5)15-18(19)11-12-30(21)26/h8-9,14-17,25H,6-7,10-13H2,1-5H3. The van der Waals surface area contributed by atoms with Gasteiger partial charge in [-0.25, -0.2) is 0 Å². The first-order valence-electron chi connectivity index (χ1n) is 12.3. The van der Waals surface area contributed by atoms with Gasteiger partial charge in [-0.2, -0.15) is 0 Å². The number of carbonyl (C=O) groups excluding carboxylic acids is 1. The van der Waals surface area contributed by atoms with Crippen LogP contribution >= 0.6 is 11.3 Å². The Morgan fingerprint density at radius 3 is 2.66 bits per heavy atom. The first-order valence-corrected chi connectivity index (χ1v) is 13.2. The minimum Gasteiger partial charge on any atom is -0.493 e. The molecule has 1 aromatic carbocycles. The average molecular weight is 495 g/mol. The van der Waals surface area contributed by atoms with Gasteiger partial charge in [0.15, 0.2) is 17.8 Å². The minimum absolute atomic E-state index is 0.0330. The van der Waals surface area contributed by atoms with Crippen molar-refractivity contribution in [3.8, 4) is 33.2 Å². The lowest BCUT2D eigenvalue weighted by molar-refractivity contribution is -0.106. The Labute approximate surface area is 211 Å². The van der Waals surface area contributed by atoms with E-state index in [1.165, 1.54) is 5.56 Å². The van der Waals surface area contributed by atoms with Crippen LogP contribution < -0.4 is 9.47 Å². The molecule has 4 heterocycles. The van der Waals surface area contributed by atoms with Crippen molar-refractivity contribution in [2.24, 2.45) is 0 Å². The molecule has 0 saturated carbocycles. The lowest BCUT2D eigenvalue weighted by Gasteiger charge is -2.33. The second-order valence-electron chi connectivity index (χ2n) is 10.3. The minimum atomic E-state index is -0.272. The third-order valence-corrected chi connectivity index (χ3v) is 7.96. The van der Waals surface area contributed by atoms with Crippen molar-refractivity contribution in [3.63, 3.8) is 0 Å². The molecular formula is C28H34N2O4S. The predicted octanol–water partition coefficient (Wildman–Crippen LogP) is 6.22. The SMILES string of the molecule is COc1cc2c(cc1OC1CCCCO1)-c1c(-c3cccs3)cc(C(=O)N(C)C(C)(C)C)n1CC2. The van der Waals surface area contributed by atoms with Crippen molar-refractivity contribution in [1.82, 2.24) is 9.47 Å². The normalized spacial score (nSPS) is 17.5. The highest BCUT2D eigenvalue weighted by atomic mass is 32.1. The van der Waals surface area contributed by atoms with Crippen molar-refractivity contribution in [2.45, 2.75) is 64.8 Å². The second-order valence-corrected chi connectivity index (χ2v) is 11.2. The largest absolute Gasteiger partial charge is 0.493 e. The number of ether oxygens (including phenoxy) is 3. The van der Waals surface area contributed by atoms with E-state index < -0.39 is 0 Å². The number of thiophene rings is 1. The summed E-state index contributed by atoms with van der Waals surface area (Å²) in [6.07, 6.45) is 3.58. The van der Waals surface area contributed by atoms with E-state index in [1.54, 1.807) is 18.4 Å². The Hall–Kier alpha value is -2.77. The number of aromatic nitrogens is 1. The van der Waals surface area contributed by atoms with Crippen LogP contribution in [-0.2, 0) is 17.7 Å². The summed E-state index contributed by atoms with van der Waals surface area (Å²) in [4.78, 5) is 16.6. The molecule has 1 fully saturated rings. The predicted molar refractivity (Wildman–Crippen MR) is 140 cm³/mol. The summed E-state index contributed by atoms with van der Waals surface area (Å²) >= 11 is 1.69. The lowest BCUT2D eigenvalue weighted by atomic mass is 9.95. The van der Waals surface area contributed by atoms with Gasteiger partial charge >= 0.3 is 0 Å². The van der Waals surface area contributed by atoms with E-state index in [2.05, 4.69) is 61.1 Å². The molecule has 5 rings (SSSR count). The number of amides is 1. The molecule has 0 spiro atoms. The molecule has 35 heavy (non-hydrogen) atoms. The van der Waals surface area contributed by atoms with Crippen molar-refractivity contribution >= 4 is 17.2 Å². The van der Waals surface area contributed by atoms with Gasteiger partial charge in [0, 0.05) is 41.6 Å². The van der Waals surface area contributed by atoms with Crippen LogP contribution in [-0.4, -0.2) is 48.0 Å². The molecule has 7 heteroatoms. The molecule has 0 radical (unpaired) electrons. The zero-order chi connectivity index (χ0) is 24.7. The second kappa shape index (κ2) is 9.36. The van der Waals surface area contributed by atoms with Gasteiger partial charge < -0.3 is 23.7 Å². The summed E-state index contributed by atoms with van der Waals surface area (Å²) in [5.74, 6) is 1.44. The molecule has 6 nitrogen and oxygen atoms in total. The maximum atomic E-state index is 13.6. The number of aryl methyl sites for hydroxylation is 1. The van der Waals surface area contributed by atoms with Gasteiger partial charge in [0.1, 0.15) is 5.69 Å². The number of methoxy groups -OCH3 is 1. The number of hydrogen-bond acceptors (Lipinski definition) is 5. The number of rotatable bonds is 5. The Balaban J connectivity index is 1.64. The smallest absolute Gasteiger partial charge is 0.270 e. The molecule has 2 aromatic heterocycles. The number of carbonyl (C=O) groups is 1. The maximum absolute atomic E-state index is 13.6.